The molecule has 2 heteroatoms. The van der Waals surface area contributed by atoms with Crippen molar-refractivity contribution in [2.45, 2.75) is 51.4 Å². The molecule has 24 heavy (non-hydrogen) atoms. The van der Waals surface area contributed by atoms with E-state index < -0.39 is 0 Å². The van der Waals surface area contributed by atoms with Crippen molar-refractivity contribution < 1.29 is 4.79 Å². The highest BCUT2D eigenvalue weighted by atomic mass is 16.2. The molecule has 1 aromatic rings. The number of hydrogen-bond acceptors (Lipinski definition) is 1. The summed E-state index contributed by atoms with van der Waals surface area (Å²) >= 11 is 0. The van der Waals surface area contributed by atoms with Gasteiger partial charge in [0.25, 0.3) is 0 Å². The molecule has 0 radical (unpaired) electrons. The number of rotatable bonds is 7. The molecule has 0 spiro atoms. The summed E-state index contributed by atoms with van der Waals surface area (Å²) in [6.45, 7) is 8.54. The molecule has 1 heterocycles. The van der Waals surface area contributed by atoms with E-state index in [0.717, 1.165) is 43.8 Å². The molecule has 2 nitrogen and oxygen atoms in total. The lowest BCUT2D eigenvalue weighted by Gasteiger charge is -2.41. The van der Waals surface area contributed by atoms with Crippen LogP contribution in [-0.4, -0.2) is 12.5 Å². The average molecular weight is 323 g/mol. The van der Waals surface area contributed by atoms with Crippen LogP contribution in [0.5, 0.6) is 0 Å². The van der Waals surface area contributed by atoms with Gasteiger partial charge >= 0.3 is 0 Å². The maximum Gasteiger partial charge on any atom is 0.233 e. The first-order valence-electron chi connectivity index (χ1n) is 9.31. The predicted octanol–water partition coefficient (Wildman–Crippen LogP) is 5.29. The highest BCUT2D eigenvalue weighted by molar-refractivity contribution is 5.98. The van der Waals surface area contributed by atoms with Crippen LogP contribution in [0.4, 0.5) is 5.69 Å². The Hall–Kier alpha value is -1.83. The Morgan fingerprint density at radius 2 is 1.75 bits per heavy atom. The number of amides is 1. The van der Waals surface area contributed by atoms with Gasteiger partial charge in [-0.1, -0.05) is 43.5 Å². The molecule has 1 aliphatic heterocycles. The van der Waals surface area contributed by atoms with Gasteiger partial charge in [0.2, 0.25) is 5.91 Å². The Morgan fingerprint density at radius 1 is 1.08 bits per heavy atom. The summed E-state index contributed by atoms with van der Waals surface area (Å²) in [5, 5.41) is 0. The Morgan fingerprint density at radius 3 is 2.29 bits per heavy atom. The predicted molar refractivity (Wildman–Crippen MR) is 101 cm³/mol. The fraction of sp³-hybridized carbons (Fsp3) is 0.500. The summed E-state index contributed by atoms with van der Waals surface area (Å²) < 4.78 is 0. The van der Waals surface area contributed by atoms with Crippen LogP contribution in [0.25, 0.3) is 0 Å². The SMILES string of the molecule is C=CCC1(CC=C)CCCN(c2ccc(CC3CCC3)cc2)C1=O. The van der Waals surface area contributed by atoms with Crippen molar-refractivity contribution in [3.05, 3.63) is 55.1 Å². The fourth-order valence-corrected chi connectivity index (χ4v) is 4.17. The van der Waals surface area contributed by atoms with Crippen LogP contribution in [0.15, 0.2) is 49.6 Å². The van der Waals surface area contributed by atoms with E-state index >= 15 is 0 Å². The van der Waals surface area contributed by atoms with Gasteiger partial charge in [0, 0.05) is 12.2 Å². The molecule has 1 aromatic carbocycles. The molecule has 2 aliphatic rings. The Balaban J connectivity index is 1.75. The molecule has 0 N–H and O–H groups in total. The van der Waals surface area contributed by atoms with E-state index in [1.807, 2.05) is 17.1 Å². The van der Waals surface area contributed by atoms with Crippen molar-refractivity contribution in [2.24, 2.45) is 11.3 Å². The van der Waals surface area contributed by atoms with E-state index in [1.54, 1.807) is 0 Å². The maximum absolute atomic E-state index is 13.2. The lowest BCUT2D eigenvalue weighted by atomic mass is 9.73. The third kappa shape index (κ3) is 3.33. The third-order valence-electron chi connectivity index (χ3n) is 5.80. The minimum atomic E-state index is -0.341. The fourth-order valence-electron chi connectivity index (χ4n) is 4.17. The lowest BCUT2D eigenvalue weighted by Crippen LogP contribution is -2.48. The molecule has 2 fully saturated rings. The zero-order valence-corrected chi connectivity index (χ0v) is 14.7. The second kappa shape index (κ2) is 7.38. The molecule has 0 bridgehead atoms. The highest BCUT2D eigenvalue weighted by Crippen LogP contribution is 2.40. The maximum atomic E-state index is 13.2. The van der Waals surface area contributed by atoms with Gasteiger partial charge in [-0.2, -0.15) is 0 Å². The van der Waals surface area contributed by atoms with Crippen molar-refractivity contribution >= 4 is 11.6 Å². The van der Waals surface area contributed by atoms with Crippen LogP contribution < -0.4 is 4.90 Å². The molecule has 1 aliphatic carbocycles. The minimum Gasteiger partial charge on any atom is -0.312 e. The van der Waals surface area contributed by atoms with Gasteiger partial charge in [-0.25, -0.2) is 0 Å². The van der Waals surface area contributed by atoms with Crippen molar-refractivity contribution in [2.75, 3.05) is 11.4 Å². The largest absolute Gasteiger partial charge is 0.312 e. The topological polar surface area (TPSA) is 20.3 Å². The molecule has 3 rings (SSSR count). The monoisotopic (exact) mass is 323 g/mol. The number of benzene rings is 1. The van der Waals surface area contributed by atoms with Gasteiger partial charge < -0.3 is 4.90 Å². The summed E-state index contributed by atoms with van der Waals surface area (Å²) in [5.41, 5.74) is 2.10. The normalized spacial score (nSPS) is 20.5. The summed E-state index contributed by atoms with van der Waals surface area (Å²) in [4.78, 5) is 15.2. The van der Waals surface area contributed by atoms with E-state index in [0.29, 0.717) is 0 Å². The van der Waals surface area contributed by atoms with Gasteiger partial charge in [0.05, 0.1) is 5.41 Å². The number of anilines is 1. The summed E-state index contributed by atoms with van der Waals surface area (Å²) in [7, 11) is 0. The first-order valence-corrected chi connectivity index (χ1v) is 9.31. The molecule has 1 saturated carbocycles. The van der Waals surface area contributed by atoms with Gasteiger partial charge in [0.1, 0.15) is 0 Å². The van der Waals surface area contributed by atoms with Crippen LogP contribution in [-0.2, 0) is 11.2 Å². The molecule has 1 amide bonds. The molecule has 128 valence electrons. The van der Waals surface area contributed by atoms with Crippen LogP contribution >= 0.6 is 0 Å². The second-order valence-electron chi connectivity index (χ2n) is 7.49. The molecule has 0 unspecified atom stereocenters. The van der Waals surface area contributed by atoms with Crippen LogP contribution in [0.1, 0.15) is 50.5 Å². The molecule has 1 saturated heterocycles. The molecular weight excluding hydrogens is 294 g/mol. The van der Waals surface area contributed by atoms with Crippen molar-refractivity contribution in [1.82, 2.24) is 0 Å². The summed E-state index contributed by atoms with van der Waals surface area (Å²) in [6.07, 6.45) is 12.5. The van der Waals surface area contributed by atoms with Crippen LogP contribution in [0, 0.1) is 11.3 Å². The molecule has 0 atom stereocenters. The van der Waals surface area contributed by atoms with Crippen LogP contribution in [0.2, 0.25) is 0 Å². The van der Waals surface area contributed by atoms with E-state index in [4.69, 9.17) is 0 Å². The van der Waals surface area contributed by atoms with Gasteiger partial charge in [-0.15, -0.1) is 13.2 Å². The summed E-state index contributed by atoms with van der Waals surface area (Å²) in [6, 6.07) is 8.67. The van der Waals surface area contributed by atoms with E-state index in [-0.39, 0.29) is 11.3 Å². The number of hydrogen-bond donors (Lipinski definition) is 0. The zero-order chi connectivity index (χ0) is 17.0. The molecular formula is C22H29NO. The number of carbonyl (C=O) groups excluding carboxylic acids is 1. The first kappa shape index (κ1) is 17.0. The van der Waals surface area contributed by atoms with Gasteiger partial charge in [0.15, 0.2) is 0 Å². The smallest absolute Gasteiger partial charge is 0.233 e. The number of nitrogens with zero attached hydrogens (tertiary/aromatic N) is 1. The third-order valence-corrected chi connectivity index (χ3v) is 5.80. The van der Waals surface area contributed by atoms with Crippen molar-refractivity contribution in [3.63, 3.8) is 0 Å². The number of carbonyl (C=O) groups is 1. The van der Waals surface area contributed by atoms with E-state index in [2.05, 4.69) is 37.4 Å². The Labute approximate surface area is 146 Å². The number of allylic oxidation sites excluding steroid dienone is 2. The minimum absolute atomic E-state index is 0.236. The van der Waals surface area contributed by atoms with Gasteiger partial charge in [-0.3, -0.25) is 4.79 Å². The standard InChI is InChI=1S/C22H29NO/c1-3-13-22(14-4-2)15-6-16-23(21(22)24)20-11-9-19(10-12-20)17-18-7-5-8-18/h3-4,9-12,18H,1-2,5-8,13-17H2. The summed E-state index contributed by atoms with van der Waals surface area (Å²) in [5.74, 6) is 1.11. The second-order valence-corrected chi connectivity index (χ2v) is 7.49. The Bertz CT molecular complexity index is 587. The highest BCUT2D eigenvalue weighted by Gasteiger charge is 2.42. The zero-order valence-electron chi connectivity index (χ0n) is 14.7. The van der Waals surface area contributed by atoms with Crippen LogP contribution in [0.3, 0.4) is 0 Å². The van der Waals surface area contributed by atoms with Crippen molar-refractivity contribution in [1.29, 1.82) is 0 Å². The lowest BCUT2D eigenvalue weighted by molar-refractivity contribution is -0.130. The van der Waals surface area contributed by atoms with E-state index in [9.17, 15) is 4.79 Å². The van der Waals surface area contributed by atoms with Crippen molar-refractivity contribution in [3.8, 4) is 0 Å². The average Bonchev–Trinajstić information content (AvgIpc) is 2.55. The Kier molecular flexibility index (Phi) is 5.23. The number of piperidine rings is 1. The first-order chi connectivity index (χ1) is 11.7. The van der Waals surface area contributed by atoms with Gasteiger partial charge in [-0.05, 0) is 55.7 Å². The van der Waals surface area contributed by atoms with E-state index in [1.165, 1.54) is 31.2 Å². The molecule has 0 aromatic heterocycles. The quantitative estimate of drug-likeness (QED) is 0.624.